The van der Waals surface area contributed by atoms with Crippen molar-refractivity contribution in [3.8, 4) is 0 Å². The van der Waals surface area contributed by atoms with Crippen LogP contribution in [0, 0.1) is 6.92 Å². The molecule has 0 unspecified atom stereocenters. The van der Waals surface area contributed by atoms with Crippen molar-refractivity contribution in [3.63, 3.8) is 0 Å². The minimum absolute atomic E-state index is 0.570. The van der Waals surface area contributed by atoms with Crippen molar-refractivity contribution in [3.05, 3.63) is 35.5 Å². The molecule has 0 radical (unpaired) electrons. The van der Waals surface area contributed by atoms with Crippen LogP contribution in [0.25, 0.3) is 0 Å². The molecule has 0 aliphatic heterocycles. The van der Waals surface area contributed by atoms with Gasteiger partial charge in [-0.3, -0.25) is 0 Å². The van der Waals surface area contributed by atoms with Crippen molar-refractivity contribution in [2.45, 2.75) is 40.0 Å². The molecule has 0 amide bonds. The van der Waals surface area contributed by atoms with E-state index >= 15 is 0 Å². The molecule has 0 saturated carbocycles. The van der Waals surface area contributed by atoms with Crippen molar-refractivity contribution in [1.82, 2.24) is 15.2 Å². The highest BCUT2D eigenvalue weighted by molar-refractivity contribution is 5.64. The number of para-hydroxylation sites is 1. The van der Waals surface area contributed by atoms with Gasteiger partial charge >= 0.3 is 0 Å². The second kappa shape index (κ2) is 7.57. The maximum atomic E-state index is 4.46. The van der Waals surface area contributed by atoms with Gasteiger partial charge in [-0.25, -0.2) is 0 Å². The first kappa shape index (κ1) is 15.2. The molecule has 2 N–H and O–H groups in total. The molecule has 2 aromatic rings. The first-order valence-electron chi connectivity index (χ1n) is 7.53. The lowest BCUT2D eigenvalue weighted by molar-refractivity contribution is 0.819. The van der Waals surface area contributed by atoms with Gasteiger partial charge in [0.2, 0.25) is 5.95 Å². The lowest BCUT2D eigenvalue weighted by Gasteiger charge is -2.13. The minimum atomic E-state index is 0.570. The fourth-order valence-corrected chi connectivity index (χ4v) is 2.15. The third-order valence-electron chi connectivity index (χ3n) is 3.37. The van der Waals surface area contributed by atoms with Gasteiger partial charge in [-0.1, -0.05) is 38.5 Å². The van der Waals surface area contributed by atoms with Crippen molar-refractivity contribution >= 4 is 17.5 Å². The van der Waals surface area contributed by atoms with Gasteiger partial charge in [0.05, 0.1) is 6.20 Å². The lowest BCUT2D eigenvalue weighted by atomic mass is 10.1. The summed E-state index contributed by atoms with van der Waals surface area (Å²) in [5.74, 6) is 1.29. The highest BCUT2D eigenvalue weighted by atomic mass is 15.3. The Bertz CT molecular complexity index is 583. The summed E-state index contributed by atoms with van der Waals surface area (Å²) in [4.78, 5) is 4.46. The standard InChI is InChI=1S/C16H23N5/c1-4-6-10-17-16-20-14(11-18-21-16)19-15-12(3)8-7-9-13(15)5-2/h7-9,11H,4-6,10H2,1-3H3,(H2,17,19,20,21). The summed E-state index contributed by atoms with van der Waals surface area (Å²) in [5.41, 5.74) is 3.59. The van der Waals surface area contributed by atoms with E-state index in [0.717, 1.165) is 31.5 Å². The maximum absolute atomic E-state index is 4.46. The van der Waals surface area contributed by atoms with Crippen molar-refractivity contribution in [2.75, 3.05) is 17.2 Å². The van der Waals surface area contributed by atoms with E-state index in [2.05, 4.69) is 64.8 Å². The van der Waals surface area contributed by atoms with Crippen LogP contribution in [-0.4, -0.2) is 21.7 Å². The summed E-state index contributed by atoms with van der Waals surface area (Å²) in [6.07, 6.45) is 4.86. The Morgan fingerprint density at radius 1 is 1.19 bits per heavy atom. The zero-order valence-corrected chi connectivity index (χ0v) is 13.0. The van der Waals surface area contributed by atoms with Gasteiger partial charge < -0.3 is 10.6 Å². The average Bonchev–Trinajstić information content (AvgIpc) is 2.50. The van der Waals surface area contributed by atoms with Gasteiger partial charge in [-0.15, -0.1) is 5.10 Å². The highest BCUT2D eigenvalue weighted by Gasteiger charge is 2.06. The topological polar surface area (TPSA) is 62.7 Å². The molecule has 1 aromatic carbocycles. The normalized spacial score (nSPS) is 10.4. The molecule has 21 heavy (non-hydrogen) atoms. The van der Waals surface area contributed by atoms with Crippen molar-refractivity contribution < 1.29 is 0 Å². The first-order chi connectivity index (χ1) is 10.2. The number of anilines is 3. The average molecular weight is 285 g/mol. The highest BCUT2D eigenvalue weighted by Crippen LogP contribution is 2.24. The van der Waals surface area contributed by atoms with Crippen molar-refractivity contribution in [2.24, 2.45) is 0 Å². The number of hydrogen-bond acceptors (Lipinski definition) is 5. The Labute approximate surface area is 126 Å². The maximum Gasteiger partial charge on any atom is 0.244 e. The predicted octanol–water partition coefficient (Wildman–Crippen LogP) is 3.70. The molecular weight excluding hydrogens is 262 g/mol. The monoisotopic (exact) mass is 285 g/mol. The summed E-state index contributed by atoms with van der Waals surface area (Å²) in [6, 6.07) is 6.30. The SMILES string of the molecule is CCCCNc1nncc(Nc2c(C)cccc2CC)n1. The zero-order valence-electron chi connectivity index (χ0n) is 13.0. The number of nitrogens with one attached hydrogen (secondary N) is 2. The molecule has 5 nitrogen and oxygen atoms in total. The number of nitrogens with zero attached hydrogens (tertiary/aromatic N) is 3. The van der Waals surface area contributed by atoms with E-state index in [1.165, 1.54) is 11.1 Å². The second-order valence-corrected chi connectivity index (χ2v) is 5.03. The summed E-state index contributed by atoms with van der Waals surface area (Å²) in [7, 11) is 0. The third kappa shape index (κ3) is 4.15. The number of hydrogen-bond donors (Lipinski definition) is 2. The Morgan fingerprint density at radius 2 is 2.05 bits per heavy atom. The molecule has 112 valence electrons. The molecule has 0 aliphatic rings. The van der Waals surface area contributed by atoms with Crippen LogP contribution in [0.15, 0.2) is 24.4 Å². The zero-order chi connectivity index (χ0) is 15.1. The minimum Gasteiger partial charge on any atom is -0.353 e. The number of unbranched alkanes of at least 4 members (excludes halogenated alkanes) is 1. The van der Waals surface area contributed by atoms with Crippen LogP contribution in [0.4, 0.5) is 17.5 Å². The molecule has 0 atom stereocenters. The summed E-state index contributed by atoms with van der Waals surface area (Å²) in [5, 5.41) is 14.6. The Morgan fingerprint density at radius 3 is 2.81 bits per heavy atom. The summed E-state index contributed by atoms with van der Waals surface area (Å²) in [6.45, 7) is 7.27. The molecule has 0 saturated heterocycles. The molecule has 0 fully saturated rings. The second-order valence-electron chi connectivity index (χ2n) is 5.03. The largest absolute Gasteiger partial charge is 0.353 e. The Hall–Kier alpha value is -2.17. The number of benzene rings is 1. The number of rotatable bonds is 7. The van der Waals surface area contributed by atoms with Gasteiger partial charge in [-0.2, -0.15) is 10.1 Å². The number of aryl methyl sites for hydroxylation is 2. The fraction of sp³-hybridized carbons (Fsp3) is 0.438. The molecular formula is C16H23N5. The molecule has 0 aliphatic carbocycles. The van der Waals surface area contributed by atoms with Gasteiger partial charge in [0.15, 0.2) is 5.82 Å². The van der Waals surface area contributed by atoms with Crippen LogP contribution in [0.3, 0.4) is 0 Å². The van der Waals surface area contributed by atoms with E-state index < -0.39 is 0 Å². The Kier molecular flexibility index (Phi) is 5.49. The van der Waals surface area contributed by atoms with Crippen molar-refractivity contribution in [1.29, 1.82) is 0 Å². The van der Waals surface area contributed by atoms with Crippen LogP contribution in [-0.2, 0) is 6.42 Å². The van der Waals surface area contributed by atoms with Crippen LogP contribution >= 0.6 is 0 Å². The van der Waals surface area contributed by atoms with Gasteiger partial charge in [0.1, 0.15) is 0 Å². The van der Waals surface area contributed by atoms with E-state index in [1.807, 2.05) is 0 Å². The number of aromatic nitrogens is 3. The molecule has 0 bridgehead atoms. The molecule has 1 heterocycles. The van der Waals surface area contributed by atoms with Gasteiger partial charge in [0.25, 0.3) is 0 Å². The molecule has 1 aromatic heterocycles. The van der Waals surface area contributed by atoms with E-state index in [-0.39, 0.29) is 0 Å². The van der Waals surface area contributed by atoms with Gasteiger partial charge in [-0.05, 0) is 30.9 Å². The lowest BCUT2D eigenvalue weighted by Crippen LogP contribution is -2.08. The predicted molar refractivity (Wildman–Crippen MR) is 87.1 cm³/mol. The van der Waals surface area contributed by atoms with E-state index in [1.54, 1.807) is 6.20 Å². The molecule has 2 rings (SSSR count). The van der Waals surface area contributed by atoms with E-state index in [9.17, 15) is 0 Å². The van der Waals surface area contributed by atoms with E-state index in [4.69, 9.17) is 0 Å². The molecule has 5 heteroatoms. The van der Waals surface area contributed by atoms with Crippen LogP contribution in [0.1, 0.15) is 37.8 Å². The van der Waals surface area contributed by atoms with Crippen LogP contribution < -0.4 is 10.6 Å². The fourth-order valence-electron chi connectivity index (χ4n) is 2.15. The Balaban J connectivity index is 2.14. The first-order valence-corrected chi connectivity index (χ1v) is 7.53. The summed E-state index contributed by atoms with van der Waals surface area (Å²) < 4.78 is 0. The van der Waals surface area contributed by atoms with E-state index in [0.29, 0.717) is 11.8 Å². The quantitative estimate of drug-likeness (QED) is 0.759. The smallest absolute Gasteiger partial charge is 0.244 e. The third-order valence-corrected chi connectivity index (χ3v) is 3.37. The van der Waals surface area contributed by atoms with Crippen LogP contribution in [0.2, 0.25) is 0 Å². The van der Waals surface area contributed by atoms with Gasteiger partial charge in [0, 0.05) is 12.2 Å². The van der Waals surface area contributed by atoms with Crippen LogP contribution in [0.5, 0.6) is 0 Å². The molecule has 0 spiro atoms. The summed E-state index contributed by atoms with van der Waals surface area (Å²) >= 11 is 0.